The Bertz CT molecular complexity index is 554. The van der Waals surface area contributed by atoms with Crippen LogP contribution in [0.2, 0.25) is 10.0 Å². The van der Waals surface area contributed by atoms with E-state index in [0.29, 0.717) is 16.5 Å². The summed E-state index contributed by atoms with van der Waals surface area (Å²) in [5.74, 6) is 0. The van der Waals surface area contributed by atoms with Crippen LogP contribution in [0.4, 0.5) is 0 Å². The molecule has 0 aliphatic rings. The SMILES string of the molecule is CCCn1nccc1C(O)Cc1ccc(Cl)cc1Cl. The number of hydrogen-bond acceptors (Lipinski definition) is 2. The molecule has 1 N–H and O–H groups in total. The Kier molecular flexibility index (Phi) is 4.86. The molecule has 5 heteroatoms. The fourth-order valence-electron chi connectivity index (χ4n) is 2.02. The summed E-state index contributed by atoms with van der Waals surface area (Å²) in [4.78, 5) is 0. The van der Waals surface area contributed by atoms with Crippen LogP contribution in [0.1, 0.15) is 30.7 Å². The van der Waals surface area contributed by atoms with Crippen LogP contribution in [0.3, 0.4) is 0 Å². The van der Waals surface area contributed by atoms with Gasteiger partial charge in [0.25, 0.3) is 0 Å². The molecule has 1 aromatic heterocycles. The van der Waals surface area contributed by atoms with E-state index in [2.05, 4.69) is 12.0 Å². The van der Waals surface area contributed by atoms with Crippen molar-refractivity contribution in [1.29, 1.82) is 0 Å². The second-order valence-electron chi connectivity index (χ2n) is 4.43. The first-order chi connectivity index (χ1) is 9.11. The van der Waals surface area contributed by atoms with Crippen molar-refractivity contribution in [3.63, 3.8) is 0 Å². The highest BCUT2D eigenvalue weighted by atomic mass is 35.5. The molecule has 0 spiro atoms. The van der Waals surface area contributed by atoms with Gasteiger partial charge in [-0.1, -0.05) is 36.2 Å². The Balaban J connectivity index is 2.16. The number of nitrogens with zero attached hydrogens (tertiary/aromatic N) is 2. The second kappa shape index (κ2) is 6.42. The molecule has 0 radical (unpaired) electrons. The van der Waals surface area contributed by atoms with Crippen LogP contribution < -0.4 is 0 Å². The molecular formula is C14H16Cl2N2O. The number of aliphatic hydroxyl groups excluding tert-OH is 1. The lowest BCUT2D eigenvalue weighted by Crippen LogP contribution is -2.11. The lowest BCUT2D eigenvalue weighted by atomic mass is 10.1. The van der Waals surface area contributed by atoms with Crippen molar-refractivity contribution in [3.05, 3.63) is 51.8 Å². The maximum atomic E-state index is 10.3. The van der Waals surface area contributed by atoms with Gasteiger partial charge in [0.05, 0.1) is 11.8 Å². The Morgan fingerprint density at radius 1 is 1.32 bits per heavy atom. The zero-order valence-corrected chi connectivity index (χ0v) is 12.2. The first kappa shape index (κ1) is 14.4. The summed E-state index contributed by atoms with van der Waals surface area (Å²) >= 11 is 12.0. The summed E-state index contributed by atoms with van der Waals surface area (Å²) in [6.45, 7) is 2.88. The van der Waals surface area contributed by atoms with E-state index in [1.54, 1.807) is 18.3 Å². The highest BCUT2D eigenvalue weighted by Crippen LogP contribution is 2.26. The molecule has 1 aromatic carbocycles. The van der Waals surface area contributed by atoms with Crippen molar-refractivity contribution in [1.82, 2.24) is 9.78 Å². The van der Waals surface area contributed by atoms with Crippen LogP contribution in [0.25, 0.3) is 0 Å². The van der Waals surface area contributed by atoms with Gasteiger partial charge < -0.3 is 5.11 Å². The number of rotatable bonds is 5. The average molecular weight is 299 g/mol. The fourth-order valence-corrected chi connectivity index (χ4v) is 2.51. The van der Waals surface area contributed by atoms with Crippen molar-refractivity contribution >= 4 is 23.2 Å². The van der Waals surface area contributed by atoms with E-state index >= 15 is 0 Å². The molecule has 0 saturated carbocycles. The van der Waals surface area contributed by atoms with Gasteiger partial charge in [0.15, 0.2) is 0 Å². The maximum Gasteiger partial charge on any atom is 0.0997 e. The standard InChI is InChI=1S/C14H16Cl2N2O/c1-2-7-18-13(5-6-17-18)14(19)8-10-3-4-11(15)9-12(10)16/h3-6,9,14,19H,2,7-8H2,1H3. The summed E-state index contributed by atoms with van der Waals surface area (Å²) in [5, 5.41) is 15.7. The Hall–Kier alpha value is -1.03. The van der Waals surface area contributed by atoms with Gasteiger partial charge >= 0.3 is 0 Å². The number of aryl methyl sites for hydroxylation is 1. The number of halogens is 2. The predicted molar refractivity (Wildman–Crippen MR) is 77.6 cm³/mol. The summed E-state index contributed by atoms with van der Waals surface area (Å²) in [6, 6.07) is 7.14. The third-order valence-corrected chi connectivity index (χ3v) is 3.54. The zero-order chi connectivity index (χ0) is 13.8. The Labute approximate surface area is 122 Å². The molecule has 0 aliphatic heterocycles. The monoisotopic (exact) mass is 298 g/mol. The number of benzene rings is 1. The van der Waals surface area contributed by atoms with E-state index < -0.39 is 6.10 Å². The van der Waals surface area contributed by atoms with Crippen molar-refractivity contribution in [2.75, 3.05) is 0 Å². The van der Waals surface area contributed by atoms with Crippen LogP contribution in [-0.2, 0) is 13.0 Å². The van der Waals surface area contributed by atoms with Crippen LogP contribution in [0, 0.1) is 0 Å². The smallest absolute Gasteiger partial charge is 0.0997 e. The molecule has 0 fully saturated rings. The van der Waals surface area contributed by atoms with Gasteiger partial charge in [-0.25, -0.2) is 0 Å². The first-order valence-electron chi connectivity index (χ1n) is 6.25. The lowest BCUT2D eigenvalue weighted by molar-refractivity contribution is 0.166. The molecule has 0 bridgehead atoms. The number of aromatic nitrogens is 2. The lowest BCUT2D eigenvalue weighted by Gasteiger charge is -2.14. The fraction of sp³-hybridized carbons (Fsp3) is 0.357. The highest BCUT2D eigenvalue weighted by Gasteiger charge is 2.15. The second-order valence-corrected chi connectivity index (χ2v) is 5.28. The van der Waals surface area contributed by atoms with Crippen molar-refractivity contribution < 1.29 is 5.11 Å². The summed E-state index contributed by atoms with van der Waals surface area (Å²) in [5.41, 5.74) is 1.69. The van der Waals surface area contributed by atoms with Gasteiger partial charge in [0.2, 0.25) is 0 Å². The van der Waals surface area contributed by atoms with Crippen molar-refractivity contribution in [2.24, 2.45) is 0 Å². The summed E-state index contributed by atoms with van der Waals surface area (Å²) < 4.78 is 1.83. The summed E-state index contributed by atoms with van der Waals surface area (Å²) in [7, 11) is 0. The van der Waals surface area contributed by atoms with E-state index in [1.165, 1.54) is 0 Å². The van der Waals surface area contributed by atoms with E-state index in [4.69, 9.17) is 23.2 Å². The normalized spacial score (nSPS) is 12.6. The first-order valence-corrected chi connectivity index (χ1v) is 7.01. The summed E-state index contributed by atoms with van der Waals surface area (Å²) in [6.07, 6.45) is 2.51. The molecule has 0 aliphatic carbocycles. The van der Waals surface area contributed by atoms with Gasteiger partial charge in [-0.05, 0) is 30.2 Å². The molecule has 0 amide bonds. The third kappa shape index (κ3) is 3.50. The maximum absolute atomic E-state index is 10.3. The molecule has 2 rings (SSSR count). The molecule has 3 nitrogen and oxygen atoms in total. The van der Waals surface area contributed by atoms with Crippen LogP contribution in [0.15, 0.2) is 30.5 Å². The molecule has 1 unspecified atom stereocenters. The topological polar surface area (TPSA) is 38.0 Å². The van der Waals surface area contributed by atoms with E-state index in [-0.39, 0.29) is 0 Å². The van der Waals surface area contributed by atoms with Gasteiger partial charge in [-0.3, -0.25) is 4.68 Å². The van der Waals surface area contributed by atoms with Gasteiger partial charge in [-0.2, -0.15) is 5.10 Å². The predicted octanol–water partition coefficient (Wildman–Crippen LogP) is 3.88. The number of hydrogen-bond donors (Lipinski definition) is 1. The molecule has 2 aromatic rings. The molecule has 0 saturated heterocycles. The molecule has 1 heterocycles. The minimum Gasteiger partial charge on any atom is -0.386 e. The van der Waals surface area contributed by atoms with Gasteiger partial charge in [-0.15, -0.1) is 0 Å². The molecule has 19 heavy (non-hydrogen) atoms. The van der Waals surface area contributed by atoms with Crippen molar-refractivity contribution in [3.8, 4) is 0 Å². The number of aliphatic hydroxyl groups is 1. The van der Waals surface area contributed by atoms with Crippen molar-refractivity contribution in [2.45, 2.75) is 32.4 Å². The van der Waals surface area contributed by atoms with E-state index in [0.717, 1.165) is 24.2 Å². The Morgan fingerprint density at radius 2 is 2.11 bits per heavy atom. The highest BCUT2D eigenvalue weighted by molar-refractivity contribution is 6.35. The molecule has 102 valence electrons. The van der Waals surface area contributed by atoms with Crippen LogP contribution in [0.5, 0.6) is 0 Å². The molecular weight excluding hydrogens is 283 g/mol. The average Bonchev–Trinajstić information content (AvgIpc) is 2.81. The van der Waals surface area contributed by atoms with Crippen LogP contribution >= 0.6 is 23.2 Å². The quantitative estimate of drug-likeness (QED) is 0.910. The molecule has 1 atom stereocenters. The van der Waals surface area contributed by atoms with E-state index in [9.17, 15) is 5.11 Å². The minimum absolute atomic E-state index is 0.450. The largest absolute Gasteiger partial charge is 0.386 e. The van der Waals surface area contributed by atoms with Gasteiger partial charge in [0.1, 0.15) is 0 Å². The third-order valence-electron chi connectivity index (χ3n) is 2.95. The van der Waals surface area contributed by atoms with Crippen LogP contribution in [-0.4, -0.2) is 14.9 Å². The Morgan fingerprint density at radius 3 is 2.79 bits per heavy atom. The minimum atomic E-state index is -0.618. The van der Waals surface area contributed by atoms with E-state index in [1.807, 2.05) is 16.8 Å². The zero-order valence-electron chi connectivity index (χ0n) is 10.7. The van der Waals surface area contributed by atoms with Gasteiger partial charge in [0, 0.05) is 29.2 Å².